The van der Waals surface area contributed by atoms with E-state index in [9.17, 15) is 0 Å². The molecule has 122 valence electrons. The molecule has 2 aliphatic heterocycles. The molecule has 3 heteroatoms. The molecule has 0 amide bonds. The van der Waals surface area contributed by atoms with E-state index >= 15 is 0 Å². The molecule has 1 aromatic carbocycles. The van der Waals surface area contributed by atoms with Crippen molar-refractivity contribution < 1.29 is 4.74 Å². The van der Waals surface area contributed by atoms with Crippen molar-refractivity contribution in [3.05, 3.63) is 29.3 Å². The fourth-order valence-corrected chi connectivity index (χ4v) is 4.01. The van der Waals surface area contributed by atoms with Crippen LogP contribution in [0.2, 0.25) is 0 Å². The molecule has 0 aromatic heterocycles. The summed E-state index contributed by atoms with van der Waals surface area (Å²) in [6, 6.07) is 6.49. The minimum Gasteiger partial charge on any atom is -0.487 e. The maximum Gasteiger partial charge on any atom is 0.128 e. The van der Waals surface area contributed by atoms with Crippen molar-refractivity contribution in [1.82, 2.24) is 4.90 Å². The smallest absolute Gasteiger partial charge is 0.128 e. The molecule has 1 aromatic rings. The summed E-state index contributed by atoms with van der Waals surface area (Å²) >= 11 is 0. The van der Waals surface area contributed by atoms with Gasteiger partial charge in [-0.1, -0.05) is 31.5 Å². The van der Waals surface area contributed by atoms with Gasteiger partial charge in [-0.3, -0.25) is 0 Å². The van der Waals surface area contributed by atoms with Crippen molar-refractivity contribution >= 4 is 0 Å². The Morgan fingerprint density at radius 2 is 1.95 bits per heavy atom. The summed E-state index contributed by atoms with van der Waals surface area (Å²) in [4.78, 5) is 2.58. The summed E-state index contributed by atoms with van der Waals surface area (Å²) in [7, 11) is 0. The quantitative estimate of drug-likeness (QED) is 0.928. The second-order valence-electron chi connectivity index (χ2n) is 7.39. The van der Waals surface area contributed by atoms with Crippen LogP contribution in [-0.4, -0.2) is 30.1 Å². The predicted octanol–water partition coefficient (Wildman–Crippen LogP) is 3.52. The Kier molecular flexibility index (Phi) is 4.47. The molecule has 1 fully saturated rings. The van der Waals surface area contributed by atoms with Gasteiger partial charge in [0.2, 0.25) is 0 Å². The Labute approximate surface area is 134 Å². The molecule has 22 heavy (non-hydrogen) atoms. The number of ether oxygens (including phenoxy) is 1. The number of piperidine rings is 1. The number of hydrogen-bond donors (Lipinski definition) is 1. The van der Waals surface area contributed by atoms with Gasteiger partial charge in [0.1, 0.15) is 11.4 Å². The number of benzene rings is 1. The highest BCUT2D eigenvalue weighted by Gasteiger charge is 2.43. The monoisotopic (exact) mass is 302 g/mol. The first-order chi connectivity index (χ1) is 10.5. The lowest BCUT2D eigenvalue weighted by Crippen LogP contribution is -2.52. The summed E-state index contributed by atoms with van der Waals surface area (Å²) in [6.45, 7) is 10.1. The number of para-hydroxylation sites is 1. The van der Waals surface area contributed by atoms with Crippen LogP contribution in [0.1, 0.15) is 57.2 Å². The molecule has 3 nitrogen and oxygen atoms in total. The van der Waals surface area contributed by atoms with Crippen LogP contribution in [0.15, 0.2) is 18.2 Å². The zero-order valence-electron chi connectivity index (χ0n) is 14.3. The summed E-state index contributed by atoms with van der Waals surface area (Å²) in [5.41, 5.74) is 8.96. The second-order valence-corrected chi connectivity index (χ2v) is 7.39. The van der Waals surface area contributed by atoms with Crippen LogP contribution in [-0.2, 0) is 6.42 Å². The van der Waals surface area contributed by atoms with Gasteiger partial charge in [-0.2, -0.15) is 0 Å². The number of rotatable bonds is 3. The van der Waals surface area contributed by atoms with Crippen molar-refractivity contribution in [2.24, 2.45) is 11.7 Å². The topological polar surface area (TPSA) is 38.5 Å². The highest BCUT2D eigenvalue weighted by molar-refractivity contribution is 5.46. The van der Waals surface area contributed by atoms with Gasteiger partial charge in [0.05, 0.1) is 0 Å². The molecular weight excluding hydrogens is 272 g/mol. The van der Waals surface area contributed by atoms with Crippen molar-refractivity contribution in [3.63, 3.8) is 0 Å². The highest BCUT2D eigenvalue weighted by Crippen LogP contribution is 2.44. The van der Waals surface area contributed by atoms with Gasteiger partial charge in [-0.15, -0.1) is 0 Å². The average molecular weight is 302 g/mol. The minimum absolute atomic E-state index is 0.0622. The van der Waals surface area contributed by atoms with E-state index in [-0.39, 0.29) is 11.6 Å². The first-order valence-electron chi connectivity index (χ1n) is 8.81. The van der Waals surface area contributed by atoms with Gasteiger partial charge in [-0.05, 0) is 51.8 Å². The van der Waals surface area contributed by atoms with Crippen LogP contribution < -0.4 is 10.5 Å². The molecule has 0 aliphatic carbocycles. The van der Waals surface area contributed by atoms with E-state index < -0.39 is 0 Å². The SMILES string of the molecule is CCc1cccc2c1OC(C)(C)C(CN1CCCCC1)C2N. The lowest BCUT2D eigenvalue weighted by atomic mass is 9.77. The third-order valence-electron chi connectivity index (χ3n) is 5.46. The molecule has 0 spiro atoms. The first-order valence-corrected chi connectivity index (χ1v) is 8.81. The van der Waals surface area contributed by atoms with Crippen LogP contribution in [0.5, 0.6) is 5.75 Å². The average Bonchev–Trinajstić information content (AvgIpc) is 2.51. The van der Waals surface area contributed by atoms with E-state index in [4.69, 9.17) is 10.5 Å². The zero-order valence-corrected chi connectivity index (χ0v) is 14.3. The van der Waals surface area contributed by atoms with E-state index in [0.717, 1.165) is 18.7 Å². The van der Waals surface area contributed by atoms with E-state index in [1.54, 1.807) is 0 Å². The Morgan fingerprint density at radius 1 is 1.23 bits per heavy atom. The fraction of sp³-hybridized carbons (Fsp3) is 0.684. The van der Waals surface area contributed by atoms with Gasteiger partial charge in [0, 0.05) is 24.1 Å². The Bertz CT molecular complexity index is 520. The summed E-state index contributed by atoms with van der Waals surface area (Å²) in [6.07, 6.45) is 5.00. The van der Waals surface area contributed by atoms with Gasteiger partial charge in [0.25, 0.3) is 0 Å². The van der Waals surface area contributed by atoms with Gasteiger partial charge >= 0.3 is 0 Å². The minimum atomic E-state index is -0.213. The van der Waals surface area contributed by atoms with Crippen LogP contribution in [0, 0.1) is 5.92 Å². The Balaban J connectivity index is 1.87. The fourth-order valence-electron chi connectivity index (χ4n) is 4.01. The predicted molar refractivity (Wildman–Crippen MR) is 91.2 cm³/mol. The van der Waals surface area contributed by atoms with E-state index in [0.29, 0.717) is 5.92 Å². The van der Waals surface area contributed by atoms with Crippen molar-refractivity contribution in [1.29, 1.82) is 0 Å². The highest BCUT2D eigenvalue weighted by atomic mass is 16.5. The maximum atomic E-state index is 6.70. The number of aryl methyl sites for hydroxylation is 1. The lowest BCUT2D eigenvalue weighted by Gasteiger charge is -2.46. The zero-order chi connectivity index (χ0) is 15.7. The molecule has 2 unspecified atom stereocenters. The molecule has 2 aliphatic rings. The lowest BCUT2D eigenvalue weighted by molar-refractivity contribution is -0.00986. The van der Waals surface area contributed by atoms with Gasteiger partial charge in [0.15, 0.2) is 0 Å². The standard InChI is InChI=1S/C19H30N2O/c1-4-14-9-8-10-15-17(20)16(19(2,3)22-18(14)15)13-21-11-6-5-7-12-21/h8-10,16-17H,4-7,11-13,20H2,1-3H3. The van der Waals surface area contributed by atoms with Gasteiger partial charge < -0.3 is 15.4 Å². The van der Waals surface area contributed by atoms with Crippen LogP contribution in [0.3, 0.4) is 0 Å². The maximum absolute atomic E-state index is 6.70. The van der Waals surface area contributed by atoms with E-state index in [1.807, 2.05) is 0 Å². The molecule has 0 saturated carbocycles. The molecule has 3 rings (SSSR count). The first kappa shape index (κ1) is 15.8. The number of nitrogens with two attached hydrogens (primary N) is 1. The third-order valence-corrected chi connectivity index (χ3v) is 5.46. The van der Waals surface area contributed by atoms with Crippen molar-refractivity contribution in [3.8, 4) is 5.75 Å². The van der Waals surface area contributed by atoms with E-state index in [1.165, 1.54) is 43.5 Å². The molecule has 2 N–H and O–H groups in total. The Hall–Kier alpha value is -1.06. The summed E-state index contributed by atoms with van der Waals surface area (Å²) in [5, 5.41) is 0. The summed E-state index contributed by atoms with van der Waals surface area (Å²) in [5.74, 6) is 1.38. The van der Waals surface area contributed by atoms with Crippen molar-refractivity contribution in [2.45, 2.75) is 58.1 Å². The van der Waals surface area contributed by atoms with Crippen LogP contribution in [0.25, 0.3) is 0 Å². The number of hydrogen-bond acceptors (Lipinski definition) is 3. The summed E-state index contributed by atoms with van der Waals surface area (Å²) < 4.78 is 6.46. The molecule has 2 atom stereocenters. The van der Waals surface area contributed by atoms with Crippen molar-refractivity contribution in [2.75, 3.05) is 19.6 Å². The normalized spacial score (nSPS) is 28.0. The molecule has 2 heterocycles. The second kappa shape index (κ2) is 6.21. The molecular formula is C19H30N2O. The number of nitrogens with zero attached hydrogens (tertiary/aromatic N) is 1. The number of fused-ring (bicyclic) bond motifs is 1. The van der Waals surface area contributed by atoms with Crippen LogP contribution >= 0.6 is 0 Å². The third kappa shape index (κ3) is 2.89. The van der Waals surface area contributed by atoms with Gasteiger partial charge in [-0.25, -0.2) is 0 Å². The Morgan fingerprint density at radius 3 is 2.64 bits per heavy atom. The number of likely N-dealkylation sites (tertiary alicyclic amines) is 1. The van der Waals surface area contributed by atoms with Crippen LogP contribution in [0.4, 0.5) is 0 Å². The molecule has 0 radical (unpaired) electrons. The molecule has 1 saturated heterocycles. The molecule has 0 bridgehead atoms. The van der Waals surface area contributed by atoms with E-state index in [2.05, 4.69) is 43.9 Å². The largest absolute Gasteiger partial charge is 0.487 e.